The van der Waals surface area contributed by atoms with Crippen molar-refractivity contribution < 1.29 is 15.0 Å². The first kappa shape index (κ1) is 20.0. The Morgan fingerprint density at radius 2 is 1.83 bits per heavy atom. The lowest BCUT2D eigenvalue weighted by molar-refractivity contribution is -0.137. The predicted molar refractivity (Wildman–Crippen MR) is 95.4 cm³/mol. The highest BCUT2D eigenvalue weighted by Gasteiger charge is 2.31. The van der Waals surface area contributed by atoms with Gasteiger partial charge in [-0.05, 0) is 50.9 Å². The van der Waals surface area contributed by atoms with Crippen LogP contribution in [0.5, 0.6) is 0 Å². The fraction of sp³-hybridized carbons (Fsp3) is 0.750. The molecule has 0 aromatic rings. The zero-order valence-electron chi connectivity index (χ0n) is 14.6. The molecule has 3 heteroatoms. The Balaban J connectivity index is 2.26. The number of aliphatic carboxylic acids is 1. The van der Waals surface area contributed by atoms with E-state index in [-0.39, 0.29) is 12.5 Å². The molecule has 1 fully saturated rings. The summed E-state index contributed by atoms with van der Waals surface area (Å²) in [5.41, 5.74) is 0. The first-order valence-corrected chi connectivity index (χ1v) is 9.36. The molecule has 132 valence electrons. The van der Waals surface area contributed by atoms with E-state index in [1.54, 1.807) is 0 Å². The molecule has 0 saturated heterocycles. The summed E-state index contributed by atoms with van der Waals surface area (Å²) in [6, 6.07) is 0. The van der Waals surface area contributed by atoms with E-state index in [1.807, 2.05) is 0 Å². The van der Waals surface area contributed by atoms with Gasteiger partial charge in [0.2, 0.25) is 0 Å². The van der Waals surface area contributed by atoms with Gasteiger partial charge in [0.1, 0.15) is 0 Å². The van der Waals surface area contributed by atoms with Crippen molar-refractivity contribution >= 4 is 5.97 Å². The van der Waals surface area contributed by atoms with Crippen LogP contribution < -0.4 is 0 Å². The second kappa shape index (κ2) is 12.3. The standard InChI is InChI=1S/C20H34O3/c1-2-3-4-5-6-10-13-18-17(15-16-19(18)21)12-9-7-8-11-14-20(22)23/h7,9-10,13,17-19,21H,2-6,8,11-12,14-16H2,1H3,(H,22,23)/b9-7-,13-10+/t17-,18?,19-/m0/s1. The van der Waals surface area contributed by atoms with E-state index in [1.165, 1.54) is 25.7 Å². The molecule has 0 aliphatic heterocycles. The molecule has 1 aliphatic rings. The second-order valence-electron chi connectivity index (χ2n) is 6.75. The monoisotopic (exact) mass is 322 g/mol. The van der Waals surface area contributed by atoms with Crippen molar-refractivity contribution in [1.29, 1.82) is 0 Å². The van der Waals surface area contributed by atoms with Crippen LogP contribution in [0.25, 0.3) is 0 Å². The minimum Gasteiger partial charge on any atom is -0.481 e. The Labute approximate surface area is 141 Å². The Hall–Kier alpha value is -1.09. The van der Waals surface area contributed by atoms with Crippen LogP contribution in [0.3, 0.4) is 0 Å². The van der Waals surface area contributed by atoms with Gasteiger partial charge < -0.3 is 10.2 Å². The van der Waals surface area contributed by atoms with E-state index >= 15 is 0 Å². The molecular formula is C20H34O3. The molecule has 1 unspecified atom stereocenters. The van der Waals surface area contributed by atoms with Gasteiger partial charge in [0.15, 0.2) is 0 Å². The summed E-state index contributed by atoms with van der Waals surface area (Å²) >= 11 is 0. The quantitative estimate of drug-likeness (QED) is 0.388. The van der Waals surface area contributed by atoms with Gasteiger partial charge in [0.05, 0.1) is 6.10 Å². The number of unbranched alkanes of at least 4 members (excludes halogenated alkanes) is 5. The molecular weight excluding hydrogens is 288 g/mol. The van der Waals surface area contributed by atoms with E-state index in [2.05, 4.69) is 31.2 Å². The van der Waals surface area contributed by atoms with Crippen LogP contribution in [0.1, 0.15) is 77.6 Å². The average molecular weight is 322 g/mol. The Bertz CT molecular complexity index is 373. The summed E-state index contributed by atoms with van der Waals surface area (Å²) < 4.78 is 0. The molecule has 0 radical (unpaired) electrons. The molecule has 1 rings (SSSR count). The molecule has 1 saturated carbocycles. The minimum absolute atomic E-state index is 0.188. The number of hydrogen-bond acceptors (Lipinski definition) is 2. The number of aliphatic hydroxyl groups excluding tert-OH is 1. The summed E-state index contributed by atoms with van der Waals surface area (Å²) in [7, 11) is 0. The molecule has 0 aromatic heterocycles. The third-order valence-electron chi connectivity index (χ3n) is 4.77. The Kier molecular flexibility index (Phi) is 10.7. The van der Waals surface area contributed by atoms with E-state index in [0.717, 1.165) is 32.1 Å². The zero-order chi connectivity index (χ0) is 16.9. The Morgan fingerprint density at radius 3 is 2.57 bits per heavy atom. The number of carbonyl (C=O) groups is 1. The smallest absolute Gasteiger partial charge is 0.303 e. The lowest BCUT2D eigenvalue weighted by atomic mass is 9.91. The van der Waals surface area contributed by atoms with E-state index in [4.69, 9.17) is 5.11 Å². The van der Waals surface area contributed by atoms with Gasteiger partial charge in [-0.3, -0.25) is 4.79 Å². The third kappa shape index (κ3) is 8.95. The van der Waals surface area contributed by atoms with Gasteiger partial charge in [0.25, 0.3) is 0 Å². The first-order chi connectivity index (χ1) is 11.1. The Morgan fingerprint density at radius 1 is 1.04 bits per heavy atom. The van der Waals surface area contributed by atoms with Gasteiger partial charge >= 0.3 is 5.97 Å². The summed E-state index contributed by atoms with van der Waals surface area (Å²) in [6.07, 6.45) is 19.6. The fourth-order valence-electron chi connectivity index (χ4n) is 3.35. The van der Waals surface area contributed by atoms with Crippen molar-refractivity contribution in [3.63, 3.8) is 0 Å². The van der Waals surface area contributed by atoms with E-state index in [0.29, 0.717) is 18.3 Å². The van der Waals surface area contributed by atoms with Gasteiger partial charge in [-0.15, -0.1) is 0 Å². The van der Waals surface area contributed by atoms with Crippen molar-refractivity contribution in [2.24, 2.45) is 11.8 Å². The van der Waals surface area contributed by atoms with Crippen molar-refractivity contribution in [2.75, 3.05) is 0 Å². The van der Waals surface area contributed by atoms with Gasteiger partial charge in [-0.25, -0.2) is 0 Å². The molecule has 23 heavy (non-hydrogen) atoms. The predicted octanol–water partition coefficient (Wildman–Crippen LogP) is 5.10. The minimum atomic E-state index is -0.721. The summed E-state index contributed by atoms with van der Waals surface area (Å²) in [4.78, 5) is 10.4. The third-order valence-corrected chi connectivity index (χ3v) is 4.77. The molecule has 1 aliphatic carbocycles. The summed E-state index contributed by atoms with van der Waals surface area (Å²) in [5.74, 6) is 0.110. The SMILES string of the molecule is CCCCCC/C=C/C1[C@@H](C/C=C\CCCC(=O)O)CC[C@@H]1O. The van der Waals surface area contributed by atoms with Gasteiger partial charge in [0, 0.05) is 12.3 Å². The molecule has 0 spiro atoms. The number of rotatable bonds is 12. The largest absolute Gasteiger partial charge is 0.481 e. The van der Waals surface area contributed by atoms with Crippen molar-refractivity contribution in [3.8, 4) is 0 Å². The zero-order valence-corrected chi connectivity index (χ0v) is 14.6. The highest BCUT2D eigenvalue weighted by Crippen LogP contribution is 2.36. The molecule has 0 aromatic carbocycles. The van der Waals surface area contributed by atoms with Crippen molar-refractivity contribution in [1.82, 2.24) is 0 Å². The van der Waals surface area contributed by atoms with Crippen LogP contribution >= 0.6 is 0 Å². The average Bonchev–Trinajstić information content (AvgIpc) is 2.86. The van der Waals surface area contributed by atoms with Crippen molar-refractivity contribution in [3.05, 3.63) is 24.3 Å². The van der Waals surface area contributed by atoms with E-state index < -0.39 is 5.97 Å². The van der Waals surface area contributed by atoms with Crippen LogP contribution in [-0.2, 0) is 4.79 Å². The maximum atomic E-state index is 10.4. The molecule has 3 nitrogen and oxygen atoms in total. The summed E-state index contributed by atoms with van der Waals surface area (Å²) in [5, 5.41) is 18.8. The number of carboxylic acids is 1. The first-order valence-electron chi connectivity index (χ1n) is 9.36. The molecule has 3 atom stereocenters. The molecule has 0 heterocycles. The number of carboxylic acid groups (broad SMARTS) is 1. The van der Waals surface area contributed by atoms with Crippen molar-refractivity contribution in [2.45, 2.75) is 83.7 Å². The number of hydrogen-bond donors (Lipinski definition) is 2. The number of aliphatic hydroxyl groups is 1. The van der Waals surface area contributed by atoms with Crippen LogP contribution in [0, 0.1) is 11.8 Å². The fourth-order valence-corrected chi connectivity index (χ4v) is 3.35. The summed E-state index contributed by atoms with van der Waals surface area (Å²) in [6.45, 7) is 2.23. The lowest BCUT2D eigenvalue weighted by Crippen LogP contribution is -2.16. The highest BCUT2D eigenvalue weighted by molar-refractivity contribution is 5.66. The van der Waals surface area contributed by atoms with E-state index in [9.17, 15) is 9.90 Å². The highest BCUT2D eigenvalue weighted by atomic mass is 16.4. The van der Waals surface area contributed by atoms with Crippen LogP contribution in [0.4, 0.5) is 0 Å². The van der Waals surface area contributed by atoms with Crippen LogP contribution in [0.2, 0.25) is 0 Å². The lowest BCUT2D eigenvalue weighted by Gasteiger charge is -2.17. The normalized spacial score (nSPS) is 24.9. The maximum Gasteiger partial charge on any atom is 0.303 e. The van der Waals surface area contributed by atoms with Crippen LogP contribution in [-0.4, -0.2) is 22.3 Å². The molecule has 0 bridgehead atoms. The maximum absolute atomic E-state index is 10.4. The second-order valence-corrected chi connectivity index (χ2v) is 6.75. The van der Waals surface area contributed by atoms with Crippen LogP contribution in [0.15, 0.2) is 24.3 Å². The number of allylic oxidation sites excluding steroid dienone is 3. The van der Waals surface area contributed by atoms with Gasteiger partial charge in [-0.2, -0.15) is 0 Å². The molecule has 2 N–H and O–H groups in total. The molecule has 0 amide bonds. The van der Waals surface area contributed by atoms with Gasteiger partial charge in [-0.1, -0.05) is 50.5 Å². The topological polar surface area (TPSA) is 57.5 Å².